The molecule has 17 heavy (non-hydrogen) atoms. The van der Waals surface area contributed by atoms with Crippen molar-refractivity contribution in [2.45, 2.75) is 26.3 Å². The average molecular weight is 255 g/mol. The molecule has 0 aromatic carbocycles. The maximum atomic E-state index is 12.2. The lowest BCUT2D eigenvalue weighted by Gasteiger charge is -2.26. The highest BCUT2D eigenvalue weighted by atomic mass is 28.4. The van der Waals surface area contributed by atoms with Gasteiger partial charge in [-0.25, -0.2) is 0 Å². The Morgan fingerprint density at radius 3 is 1.82 bits per heavy atom. The summed E-state index contributed by atoms with van der Waals surface area (Å²) in [5.41, 5.74) is 6.15. The first-order chi connectivity index (χ1) is 7.83. The summed E-state index contributed by atoms with van der Waals surface area (Å²) in [7, 11) is -1.77. The maximum Gasteiger partial charge on any atom is 0.346 e. The van der Waals surface area contributed by atoms with Crippen LogP contribution in [0.15, 0.2) is 24.3 Å². The van der Waals surface area contributed by atoms with E-state index < -0.39 is 8.32 Å². The van der Waals surface area contributed by atoms with Crippen LogP contribution in [0.2, 0.25) is 6.04 Å². The molecule has 4 nitrogen and oxygen atoms in total. The summed E-state index contributed by atoms with van der Waals surface area (Å²) >= 11 is 0. The minimum absolute atomic E-state index is 0.263. The zero-order chi connectivity index (χ0) is 13.6. The van der Waals surface area contributed by atoms with Gasteiger partial charge in [0.2, 0.25) is 0 Å². The van der Waals surface area contributed by atoms with Gasteiger partial charge in [-0.05, 0) is 44.0 Å². The number of allylic oxidation sites excluding steroid dienone is 2. The molecule has 0 fully saturated rings. The van der Waals surface area contributed by atoms with Gasteiger partial charge >= 0.3 is 8.32 Å². The monoisotopic (exact) mass is 255 g/mol. The van der Waals surface area contributed by atoms with Gasteiger partial charge in [0, 0.05) is 7.11 Å². The molecule has 0 aromatic heterocycles. The van der Waals surface area contributed by atoms with Crippen molar-refractivity contribution in [2.24, 2.45) is 5.73 Å². The van der Waals surface area contributed by atoms with Crippen LogP contribution in [0.1, 0.15) is 20.3 Å². The molecule has 0 radical (unpaired) electrons. The second kappa shape index (κ2) is 6.63. The smallest absolute Gasteiger partial charge is 0.346 e. The summed E-state index contributed by atoms with van der Waals surface area (Å²) in [6.45, 7) is 10.8. The van der Waals surface area contributed by atoms with Crippen molar-refractivity contribution in [3.63, 3.8) is 0 Å². The molecule has 2 N–H and O–H groups in total. The van der Waals surface area contributed by atoms with Crippen molar-refractivity contribution in [2.75, 3.05) is 13.7 Å². The van der Waals surface area contributed by atoms with Gasteiger partial charge in [-0.1, -0.05) is 13.2 Å². The van der Waals surface area contributed by atoms with E-state index in [1.165, 1.54) is 7.11 Å². The van der Waals surface area contributed by atoms with E-state index in [2.05, 4.69) is 13.2 Å². The van der Waals surface area contributed by atoms with Crippen LogP contribution >= 0.6 is 0 Å². The predicted molar refractivity (Wildman–Crippen MR) is 70.9 cm³/mol. The Labute approximate surface area is 104 Å². The highest BCUT2D eigenvalue weighted by Gasteiger charge is 2.49. The first-order valence-electron chi connectivity index (χ1n) is 5.49. The van der Waals surface area contributed by atoms with Crippen LogP contribution in [-0.2, 0) is 14.0 Å². The molecule has 0 saturated heterocycles. The van der Waals surface area contributed by atoms with Crippen molar-refractivity contribution in [3.05, 3.63) is 24.3 Å². The first-order valence-corrected chi connectivity index (χ1v) is 7.60. The Hall–Kier alpha value is -1.04. The van der Waals surface area contributed by atoms with Crippen LogP contribution in [0.5, 0.6) is 0 Å². The molecule has 0 bridgehead atoms. The van der Waals surface area contributed by atoms with Gasteiger partial charge in [0.1, 0.15) is 0 Å². The fraction of sp³-hybridized carbons (Fsp3) is 0.500. The first kappa shape index (κ1) is 16.0. The lowest BCUT2D eigenvalue weighted by molar-refractivity contribution is -0.115. The summed E-state index contributed by atoms with van der Waals surface area (Å²) in [6, 6.07) is 0.386. The predicted octanol–water partition coefficient (Wildman–Crippen LogP) is 1.30. The van der Waals surface area contributed by atoms with E-state index in [1.807, 2.05) is 0 Å². The lowest BCUT2D eigenvalue weighted by Crippen LogP contribution is -2.55. The molecule has 0 aliphatic heterocycles. The van der Waals surface area contributed by atoms with Gasteiger partial charge in [0.15, 0.2) is 10.8 Å². The Balaban J connectivity index is 5.43. The van der Waals surface area contributed by atoms with Gasteiger partial charge in [0.05, 0.1) is 0 Å². The quantitative estimate of drug-likeness (QED) is 0.524. The topological polar surface area (TPSA) is 69.4 Å². The Morgan fingerprint density at radius 2 is 1.59 bits per heavy atom. The molecule has 0 aliphatic carbocycles. The number of hydrogen-bond acceptors (Lipinski definition) is 4. The number of carbonyl (C=O) groups is 2. The van der Waals surface area contributed by atoms with Crippen molar-refractivity contribution in [1.29, 1.82) is 0 Å². The third kappa shape index (κ3) is 3.46. The lowest BCUT2D eigenvalue weighted by atomic mass is 10.4. The SMILES string of the molecule is C=C(C)C(=O)[Si](CCCN)(OC)C(=O)C(=C)C. The van der Waals surface area contributed by atoms with Crippen LogP contribution in [0.25, 0.3) is 0 Å². The van der Waals surface area contributed by atoms with Crippen LogP contribution in [0.4, 0.5) is 0 Å². The summed E-state index contributed by atoms with van der Waals surface area (Å²) in [6.07, 6.45) is 0.581. The fourth-order valence-corrected chi connectivity index (χ4v) is 4.97. The Bertz CT molecular complexity index is 324. The molecule has 0 aromatic rings. The van der Waals surface area contributed by atoms with E-state index in [4.69, 9.17) is 10.2 Å². The fourth-order valence-electron chi connectivity index (χ4n) is 1.66. The van der Waals surface area contributed by atoms with E-state index >= 15 is 0 Å². The molecule has 0 atom stereocenters. The van der Waals surface area contributed by atoms with Crippen LogP contribution < -0.4 is 5.73 Å². The van der Waals surface area contributed by atoms with Crippen LogP contribution in [0, 0.1) is 0 Å². The van der Waals surface area contributed by atoms with Gasteiger partial charge < -0.3 is 10.2 Å². The standard InChI is InChI=1S/C12H21NO3Si/c1-9(2)11(14)17(16-5,8-6-7-13)12(15)10(3)4/h1,3,6-8,13H2,2,4-5H3. The Morgan fingerprint density at radius 1 is 1.18 bits per heavy atom. The molecular weight excluding hydrogens is 234 g/mol. The second-order valence-electron chi connectivity index (χ2n) is 4.14. The zero-order valence-electron chi connectivity index (χ0n) is 10.8. The molecule has 0 amide bonds. The summed E-state index contributed by atoms with van der Waals surface area (Å²) in [5.74, 6) is 0. The Kier molecular flexibility index (Phi) is 6.23. The average Bonchev–Trinajstić information content (AvgIpc) is 2.29. The molecule has 5 heteroatoms. The molecule has 96 valence electrons. The van der Waals surface area contributed by atoms with Crippen molar-refractivity contribution in [1.82, 2.24) is 0 Å². The second-order valence-corrected chi connectivity index (χ2v) is 7.61. The maximum absolute atomic E-state index is 12.2. The van der Waals surface area contributed by atoms with Gasteiger partial charge in [-0.3, -0.25) is 9.59 Å². The molecule has 0 heterocycles. The van der Waals surface area contributed by atoms with E-state index in [-0.39, 0.29) is 10.8 Å². The van der Waals surface area contributed by atoms with E-state index in [0.29, 0.717) is 30.2 Å². The van der Waals surface area contributed by atoms with Crippen molar-refractivity contribution >= 4 is 19.1 Å². The molecule has 0 spiro atoms. The van der Waals surface area contributed by atoms with Crippen LogP contribution in [-0.4, -0.2) is 32.8 Å². The number of carbonyl (C=O) groups excluding carboxylic acids is 2. The van der Waals surface area contributed by atoms with Gasteiger partial charge in [-0.2, -0.15) is 0 Å². The van der Waals surface area contributed by atoms with E-state index in [1.54, 1.807) is 13.8 Å². The highest BCUT2D eigenvalue weighted by Crippen LogP contribution is 2.22. The number of rotatable bonds is 8. The van der Waals surface area contributed by atoms with E-state index in [0.717, 1.165) is 0 Å². The summed E-state index contributed by atoms with van der Waals surface area (Å²) in [4.78, 5) is 24.4. The summed E-state index contributed by atoms with van der Waals surface area (Å²) in [5, 5.41) is -0.525. The molecular formula is C12H21NO3Si. The molecule has 0 rings (SSSR count). The normalized spacial score (nSPS) is 11.1. The molecule has 0 unspecified atom stereocenters. The van der Waals surface area contributed by atoms with E-state index in [9.17, 15) is 9.59 Å². The minimum atomic E-state index is -3.18. The minimum Gasteiger partial charge on any atom is -0.407 e. The van der Waals surface area contributed by atoms with Crippen molar-refractivity contribution < 1.29 is 14.0 Å². The number of hydrogen-bond donors (Lipinski definition) is 1. The largest absolute Gasteiger partial charge is 0.407 e. The van der Waals surface area contributed by atoms with Gasteiger partial charge in [0.25, 0.3) is 0 Å². The third-order valence-corrected chi connectivity index (χ3v) is 6.67. The van der Waals surface area contributed by atoms with Crippen LogP contribution in [0.3, 0.4) is 0 Å². The molecule has 0 saturated carbocycles. The number of nitrogens with two attached hydrogens (primary N) is 1. The van der Waals surface area contributed by atoms with Crippen molar-refractivity contribution in [3.8, 4) is 0 Å². The van der Waals surface area contributed by atoms with Gasteiger partial charge in [-0.15, -0.1) is 0 Å². The summed E-state index contributed by atoms with van der Waals surface area (Å²) < 4.78 is 5.35. The highest BCUT2D eigenvalue weighted by molar-refractivity contribution is 7.23. The molecule has 0 aliphatic rings. The third-order valence-electron chi connectivity index (χ3n) is 2.59. The zero-order valence-corrected chi connectivity index (χ0v) is 11.8.